The maximum absolute atomic E-state index is 4.70. The SMILES string of the molecule is CCNC(=NCc1ccc(Cn2cnc3ccccc32)cc1)NC(C)CC.I. The van der Waals surface area contributed by atoms with Crippen molar-refractivity contribution in [3.63, 3.8) is 0 Å². The molecular weight excluding hydrogens is 461 g/mol. The summed E-state index contributed by atoms with van der Waals surface area (Å²) in [7, 11) is 0. The van der Waals surface area contributed by atoms with E-state index in [9.17, 15) is 0 Å². The van der Waals surface area contributed by atoms with Gasteiger partial charge < -0.3 is 15.2 Å². The lowest BCUT2D eigenvalue weighted by atomic mass is 10.1. The van der Waals surface area contributed by atoms with Crippen molar-refractivity contribution >= 4 is 41.0 Å². The number of nitrogens with zero attached hydrogens (tertiary/aromatic N) is 3. The molecule has 1 aromatic heterocycles. The lowest BCUT2D eigenvalue weighted by molar-refractivity contribution is 0.624. The van der Waals surface area contributed by atoms with Gasteiger partial charge in [-0.1, -0.05) is 43.3 Å². The minimum absolute atomic E-state index is 0. The van der Waals surface area contributed by atoms with Crippen molar-refractivity contribution < 1.29 is 0 Å². The van der Waals surface area contributed by atoms with Crippen LogP contribution in [0.3, 0.4) is 0 Å². The zero-order valence-corrected chi connectivity index (χ0v) is 19.2. The first-order valence-corrected chi connectivity index (χ1v) is 9.72. The first-order chi connectivity index (χ1) is 13.2. The minimum Gasteiger partial charge on any atom is -0.357 e. The first kappa shape index (κ1) is 22.2. The molecule has 3 aromatic rings. The molecule has 5 nitrogen and oxygen atoms in total. The molecule has 0 amide bonds. The third-order valence-corrected chi connectivity index (χ3v) is 4.66. The number of halogens is 1. The highest BCUT2D eigenvalue weighted by Crippen LogP contribution is 2.14. The highest BCUT2D eigenvalue weighted by atomic mass is 127. The molecule has 28 heavy (non-hydrogen) atoms. The number of rotatable bonds is 7. The fourth-order valence-electron chi connectivity index (χ4n) is 2.91. The predicted octanol–water partition coefficient (Wildman–Crippen LogP) is 4.56. The summed E-state index contributed by atoms with van der Waals surface area (Å²) in [6.07, 6.45) is 2.98. The van der Waals surface area contributed by atoms with Gasteiger partial charge in [-0.15, -0.1) is 24.0 Å². The van der Waals surface area contributed by atoms with Crippen LogP contribution in [0.4, 0.5) is 0 Å². The summed E-state index contributed by atoms with van der Waals surface area (Å²) in [5.41, 5.74) is 4.66. The predicted molar refractivity (Wildman–Crippen MR) is 128 cm³/mol. The van der Waals surface area contributed by atoms with Crippen LogP contribution >= 0.6 is 24.0 Å². The van der Waals surface area contributed by atoms with Gasteiger partial charge in [-0.3, -0.25) is 0 Å². The molecule has 3 rings (SSSR count). The van der Waals surface area contributed by atoms with Gasteiger partial charge in [-0.2, -0.15) is 0 Å². The number of aromatic nitrogens is 2. The Morgan fingerprint density at radius 1 is 1.07 bits per heavy atom. The van der Waals surface area contributed by atoms with Crippen LogP contribution < -0.4 is 10.6 Å². The van der Waals surface area contributed by atoms with Gasteiger partial charge in [-0.05, 0) is 43.5 Å². The maximum Gasteiger partial charge on any atom is 0.191 e. The number of benzene rings is 2. The molecule has 1 heterocycles. The van der Waals surface area contributed by atoms with Crippen LogP contribution in [0, 0.1) is 0 Å². The molecule has 0 fully saturated rings. The van der Waals surface area contributed by atoms with E-state index in [4.69, 9.17) is 4.99 Å². The van der Waals surface area contributed by atoms with Crippen molar-refractivity contribution in [1.29, 1.82) is 0 Å². The van der Waals surface area contributed by atoms with Gasteiger partial charge in [-0.25, -0.2) is 9.98 Å². The first-order valence-electron chi connectivity index (χ1n) is 9.72. The van der Waals surface area contributed by atoms with E-state index in [-0.39, 0.29) is 24.0 Å². The van der Waals surface area contributed by atoms with E-state index in [0.29, 0.717) is 12.6 Å². The summed E-state index contributed by atoms with van der Waals surface area (Å²) in [6.45, 7) is 8.77. The average Bonchev–Trinajstić information content (AvgIpc) is 3.10. The van der Waals surface area contributed by atoms with Crippen molar-refractivity contribution in [2.24, 2.45) is 4.99 Å². The average molecular weight is 491 g/mol. The molecule has 1 atom stereocenters. The molecule has 0 spiro atoms. The largest absolute Gasteiger partial charge is 0.357 e. The van der Waals surface area contributed by atoms with Crippen LogP contribution in [-0.2, 0) is 13.1 Å². The minimum atomic E-state index is 0. The molecule has 150 valence electrons. The molecular formula is C22H30IN5. The summed E-state index contributed by atoms with van der Waals surface area (Å²) in [5, 5.41) is 6.73. The molecule has 0 bridgehead atoms. The summed E-state index contributed by atoms with van der Waals surface area (Å²) < 4.78 is 2.18. The van der Waals surface area contributed by atoms with E-state index in [1.807, 2.05) is 18.5 Å². The summed E-state index contributed by atoms with van der Waals surface area (Å²) in [5.74, 6) is 0.876. The molecule has 6 heteroatoms. The van der Waals surface area contributed by atoms with Crippen molar-refractivity contribution in [2.45, 2.75) is 46.3 Å². The Kier molecular flexibility index (Phi) is 8.76. The van der Waals surface area contributed by atoms with E-state index in [1.54, 1.807) is 0 Å². The van der Waals surface area contributed by atoms with Gasteiger partial charge >= 0.3 is 0 Å². The Morgan fingerprint density at radius 3 is 2.50 bits per heavy atom. The van der Waals surface area contributed by atoms with Gasteiger partial charge in [0, 0.05) is 19.1 Å². The van der Waals surface area contributed by atoms with Crippen molar-refractivity contribution in [2.75, 3.05) is 6.54 Å². The van der Waals surface area contributed by atoms with E-state index >= 15 is 0 Å². The summed E-state index contributed by atoms with van der Waals surface area (Å²) in [6, 6.07) is 17.3. The molecule has 0 aliphatic heterocycles. The van der Waals surface area contributed by atoms with E-state index in [1.165, 1.54) is 11.1 Å². The Morgan fingerprint density at radius 2 is 1.79 bits per heavy atom. The van der Waals surface area contributed by atoms with Crippen LogP contribution in [0.25, 0.3) is 11.0 Å². The number of fused-ring (bicyclic) bond motifs is 1. The normalized spacial score (nSPS) is 12.5. The molecule has 0 saturated carbocycles. The van der Waals surface area contributed by atoms with E-state index in [2.05, 4.69) is 77.4 Å². The number of imidazole rings is 1. The lowest BCUT2D eigenvalue weighted by Crippen LogP contribution is -2.41. The number of nitrogens with one attached hydrogen (secondary N) is 2. The molecule has 0 aliphatic rings. The second kappa shape index (κ2) is 11.0. The number of hydrogen-bond acceptors (Lipinski definition) is 2. The van der Waals surface area contributed by atoms with Crippen LogP contribution in [0.5, 0.6) is 0 Å². The Balaban J connectivity index is 0.00000280. The van der Waals surface area contributed by atoms with Crippen LogP contribution in [0.1, 0.15) is 38.3 Å². The zero-order chi connectivity index (χ0) is 19.1. The third-order valence-electron chi connectivity index (χ3n) is 4.66. The monoisotopic (exact) mass is 491 g/mol. The highest BCUT2D eigenvalue weighted by molar-refractivity contribution is 14.0. The highest BCUT2D eigenvalue weighted by Gasteiger charge is 2.04. The molecule has 2 aromatic carbocycles. The van der Waals surface area contributed by atoms with Gasteiger partial charge in [0.05, 0.1) is 23.9 Å². The van der Waals surface area contributed by atoms with Crippen LogP contribution in [-0.4, -0.2) is 28.1 Å². The molecule has 0 radical (unpaired) electrons. The number of para-hydroxylation sites is 2. The summed E-state index contributed by atoms with van der Waals surface area (Å²) in [4.78, 5) is 9.16. The van der Waals surface area contributed by atoms with Crippen molar-refractivity contribution in [3.8, 4) is 0 Å². The van der Waals surface area contributed by atoms with E-state index in [0.717, 1.165) is 36.5 Å². The molecule has 2 N–H and O–H groups in total. The van der Waals surface area contributed by atoms with Crippen LogP contribution in [0.15, 0.2) is 59.9 Å². The standard InChI is InChI=1S/C22H29N5.HI/c1-4-17(3)26-22(23-5-2)24-14-18-10-12-19(13-11-18)15-27-16-25-20-8-6-7-9-21(20)27;/h6-13,16-17H,4-5,14-15H2,1-3H3,(H2,23,24,26);1H. The van der Waals surface area contributed by atoms with Crippen molar-refractivity contribution in [3.05, 3.63) is 66.0 Å². The Bertz CT molecular complexity index is 885. The quantitative estimate of drug-likeness (QED) is 0.290. The molecule has 1 unspecified atom stereocenters. The third kappa shape index (κ3) is 5.95. The number of hydrogen-bond donors (Lipinski definition) is 2. The second-order valence-electron chi connectivity index (χ2n) is 6.83. The van der Waals surface area contributed by atoms with Gasteiger partial charge in [0.2, 0.25) is 0 Å². The van der Waals surface area contributed by atoms with Gasteiger partial charge in [0.1, 0.15) is 0 Å². The van der Waals surface area contributed by atoms with E-state index < -0.39 is 0 Å². The Hall–Kier alpha value is -2.09. The smallest absolute Gasteiger partial charge is 0.191 e. The zero-order valence-electron chi connectivity index (χ0n) is 16.9. The topological polar surface area (TPSA) is 54.2 Å². The maximum atomic E-state index is 4.70. The Labute approximate surface area is 184 Å². The number of aliphatic imine (C=N–C) groups is 1. The summed E-state index contributed by atoms with van der Waals surface area (Å²) >= 11 is 0. The second-order valence-corrected chi connectivity index (χ2v) is 6.83. The molecule has 0 saturated heterocycles. The van der Waals surface area contributed by atoms with Crippen LogP contribution in [0.2, 0.25) is 0 Å². The van der Waals surface area contributed by atoms with Crippen molar-refractivity contribution in [1.82, 2.24) is 20.2 Å². The lowest BCUT2D eigenvalue weighted by Gasteiger charge is -2.16. The fraction of sp³-hybridized carbons (Fsp3) is 0.364. The number of guanidine groups is 1. The van der Waals surface area contributed by atoms with Gasteiger partial charge in [0.15, 0.2) is 5.96 Å². The molecule has 0 aliphatic carbocycles. The van der Waals surface area contributed by atoms with Gasteiger partial charge in [0.25, 0.3) is 0 Å². The fourth-order valence-corrected chi connectivity index (χ4v) is 2.91.